The summed E-state index contributed by atoms with van der Waals surface area (Å²) in [5, 5.41) is 3.19. The van der Waals surface area contributed by atoms with Gasteiger partial charge in [-0.25, -0.2) is 4.79 Å². The lowest BCUT2D eigenvalue weighted by atomic mass is 10.00. The Morgan fingerprint density at radius 3 is 2.19 bits per heavy atom. The fourth-order valence-electron chi connectivity index (χ4n) is 4.73. The van der Waals surface area contributed by atoms with Crippen molar-refractivity contribution in [2.45, 2.75) is 77.2 Å². The van der Waals surface area contributed by atoms with Gasteiger partial charge in [-0.1, -0.05) is 0 Å². The molecule has 2 atom stereocenters. The van der Waals surface area contributed by atoms with Crippen LogP contribution in [0.25, 0.3) is 0 Å². The number of likely N-dealkylation sites (tertiary alicyclic amines) is 2. The summed E-state index contributed by atoms with van der Waals surface area (Å²) in [4.78, 5) is 19.7. The summed E-state index contributed by atoms with van der Waals surface area (Å²) in [5.41, 5.74) is -0.0597. The highest BCUT2D eigenvalue weighted by molar-refractivity contribution is 5.74. The van der Waals surface area contributed by atoms with Gasteiger partial charge in [0, 0.05) is 44.3 Å². The predicted molar refractivity (Wildman–Crippen MR) is 104 cm³/mol. The van der Waals surface area contributed by atoms with E-state index in [-0.39, 0.29) is 23.8 Å². The highest BCUT2D eigenvalue weighted by Crippen LogP contribution is 2.22. The van der Waals surface area contributed by atoms with Crippen LogP contribution in [0, 0.1) is 0 Å². The number of nitrogens with zero attached hydrogens (tertiary/aromatic N) is 3. The zero-order chi connectivity index (χ0) is 18.7. The number of morpholine rings is 1. The molecule has 0 aliphatic carbocycles. The van der Waals surface area contributed by atoms with Crippen LogP contribution in [-0.2, 0) is 4.74 Å². The van der Waals surface area contributed by atoms with E-state index in [1.807, 2.05) is 4.90 Å². The van der Waals surface area contributed by atoms with E-state index in [1.165, 1.54) is 25.9 Å². The molecule has 2 amide bonds. The smallest absolute Gasteiger partial charge is 0.317 e. The average molecular weight is 367 g/mol. The molecule has 0 bridgehead atoms. The summed E-state index contributed by atoms with van der Waals surface area (Å²) < 4.78 is 5.84. The van der Waals surface area contributed by atoms with Crippen molar-refractivity contribution >= 4 is 6.03 Å². The second kappa shape index (κ2) is 8.44. The minimum Gasteiger partial charge on any atom is -0.373 e. The Bertz CT molecular complexity index is 460. The maximum absolute atomic E-state index is 12.6. The Labute approximate surface area is 159 Å². The third-order valence-corrected chi connectivity index (χ3v) is 6.36. The molecule has 0 spiro atoms. The van der Waals surface area contributed by atoms with Crippen LogP contribution in [0.3, 0.4) is 0 Å². The number of ether oxygens (including phenoxy) is 1. The Morgan fingerprint density at radius 1 is 1.04 bits per heavy atom. The maximum atomic E-state index is 12.6. The molecule has 3 aliphatic heterocycles. The summed E-state index contributed by atoms with van der Waals surface area (Å²) in [5.74, 6) is 0. The van der Waals surface area contributed by atoms with E-state index in [0.29, 0.717) is 12.6 Å². The van der Waals surface area contributed by atoms with Crippen LogP contribution in [0.4, 0.5) is 4.79 Å². The van der Waals surface area contributed by atoms with Crippen molar-refractivity contribution in [3.05, 3.63) is 0 Å². The first-order chi connectivity index (χ1) is 12.3. The summed E-state index contributed by atoms with van der Waals surface area (Å²) in [6.45, 7) is 15.5. The molecule has 1 N–H and O–H groups in total. The summed E-state index contributed by atoms with van der Waals surface area (Å²) >= 11 is 0. The number of urea groups is 1. The predicted octanol–water partition coefficient (Wildman–Crippen LogP) is 2.14. The molecular formula is C20H38N4O2. The van der Waals surface area contributed by atoms with E-state index in [4.69, 9.17) is 4.74 Å². The number of hydrogen-bond acceptors (Lipinski definition) is 4. The first-order valence-corrected chi connectivity index (χ1v) is 10.5. The normalized spacial score (nSPS) is 29.9. The average Bonchev–Trinajstić information content (AvgIpc) is 3.14. The summed E-state index contributed by atoms with van der Waals surface area (Å²) in [7, 11) is 0. The molecule has 0 saturated carbocycles. The van der Waals surface area contributed by atoms with Gasteiger partial charge in [-0.2, -0.15) is 0 Å². The van der Waals surface area contributed by atoms with Gasteiger partial charge in [-0.3, -0.25) is 4.90 Å². The molecule has 0 aromatic carbocycles. The van der Waals surface area contributed by atoms with E-state index < -0.39 is 0 Å². The molecule has 150 valence electrons. The second-order valence-electron chi connectivity index (χ2n) is 9.09. The molecule has 0 aromatic heterocycles. The van der Waals surface area contributed by atoms with Gasteiger partial charge >= 0.3 is 6.03 Å². The minimum atomic E-state index is -0.0597. The van der Waals surface area contributed by atoms with E-state index in [0.717, 1.165) is 39.0 Å². The number of hydrogen-bond donors (Lipinski definition) is 1. The van der Waals surface area contributed by atoms with Gasteiger partial charge in [0.15, 0.2) is 0 Å². The lowest BCUT2D eigenvalue weighted by Crippen LogP contribution is -2.59. The van der Waals surface area contributed by atoms with Crippen molar-refractivity contribution in [3.63, 3.8) is 0 Å². The molecule has 6 heteroatoms. The molecule has 3 saturated heterocycles. The number of rotatable bonds is 4. The number of carbonyl (C=O) groups is 1. The van der Waals surface area contributed by atoms with Crippen LogP contribution in [0.15, 0.2) is 0 Å². The van der Waals surface area contributed by atoms with Gasteiger partial charge in [0.25, 0.3) is 0 Å². The Hall–Kier alpha value is -0.850. The van der Waals surface area contributed by atoms with Crippen molar-refractivity contribution in [2.75, 3.05) is 45.8 Å². The number of piperidine rings is 1. The minimum absolute atomic E-state index is 0.0597. The monoisotopic (exact) mass is 366 g/mol. The van der Waals surface area contributed by atoms with Gasteiger partial charge in [0.1, 0.15) is 0 Å². The molecule has 3 aliphatic rings. The molecule has 2 unspecified atom stereocenters. The van der Waals surface area contributed by atoms with Crippen LogP contribution in [0.2, 0.25) is 0 Å². The molecule has 3 rings (SSSR count). The number of carbonyl (C=O) groups excluding carboxylic acids is 1. The first kappa shape index (κ1) is 19.9. The van der Waals surface area contributed by atoms with Crippen molar-refractivity contribution in [2.24, 2.45) is 0 Å². The fraction of sp³-hybridized carbons (Fsp3) is 0.950. The van der Waals surface area contributed by atoms with Crippen LogP contribution in [0.5, 0.6) is 0 Å². The van der Waals surface area contributed by atoms with Gasteiger partial charge in [-0.05, 0) is 66.5 Å². The number of nitrogens with one attached hydrogen (secondary N) is 1. The summed E-state index contributed by atoms with van der Waals surface area (Å²) in [6, 6.07) is 0.793. The van der Waals surface area contributed by atoms with Crippen LogP contribution in [-0.4, -0.2) is 90.3 Å². The Morgan fingerprint density at radius 2 is 1.62 bits per heavy atom. The lowest BCUT2D eigenvalue weighted by Gasteiger charge is -2.45. The molecule has 3 fully saturated rings. The maximum Gasteiger partial charge on any atom is 0.317 e. The molecular weight excluding hydrogens is 328 g/mol. The third-order valence-electron chi connectivity index (χ3n) is 6.36. The van der Waals surface area contributed by atoms with Crippen molar-refractivity contribution in [1.82, 2.24) is 20.0 Å². The molecule has 0 aromatic rings. The van der Waals surface area contributed by atoms with Gasteiger partial charge in [-0.15, -0.1) is 0 Å². The first-order valence-electron chi connectivity index (χ1n) is 10.5. The Balaban J connectivity index is 1.43. The summed E-state index contributed by atoms with van der Waals surface area (Å²) in [6.07, 6.45) is 5.42. The molecule has 26 heavy (non-hydrogen) atoms. The van der Waals surface area contributed by atoms with E-state index in [9.17, 15) is 4.79 Å². The van der Waals surface area contributed by atoms with Crippen molar-refractivity contribution < 1.29 is 9.53 Å². The molecule has 3 heterocycles. The van der Waals surface area contributed by atoms with Gasteiger partial charge < -0.3 is 19.9 Å². The molecule has 6 nitrogen and oxygen atoms in total. The van der Waals surface area contributed by atoms with Crippen LogP contribution < -0.4 is 5.32 Å². The topological polar surface area (TPSA) is 48.1 Å². The van der Waals surface area contributed by atoms with Gasteiger partial charge in [0.2, 0.25) is 0 Å². The highest BCUT2D eigenvalue weighted by atomic mass is 16.5. The van der Waals surface area contributed by atoms with Crippen molar-refractivity contribution in [1.29, 1.82) is 0 Å². The second-order valence-corrected chi connectivity index (χ2v) is 9.09. The third kappa shape index (κ3) is 4.90. The van der Waals surface area contributed by atoms with E-state index in [1.54, 1.807) is 0 Å². The van der Waals surface area contributed by atoms with E-state index in [2.05, 4.69) is 42.8 Å². The highest BCUT2D eigenvalue weighted by Gasteiger charge is 2.34. The number of amides is 2. The fourth-order valence-corrected chi connectivity index (χ4v) is 4.73. The van der Waals surface area contributed by atoms with Gasteiger partial charge in [0.05, 0.1) is 12.2 Å². The zero-order valence-electron chi connectivity index (χ0n) is 17.2. The van der Waals surface area contributed by atoms with Crippen molar-refractivity contribution in [3.8, 4) is 0 Å². The zero-order valence-corrected chi connectivity index (χ0v) is 17.2. The Kier molecular flexibility index (Phi) is 6.46. The van der Waals surface area contributed by atoms with Crippen LogP contribution in [0.1, 0.15) is 53.4 Å². The SMILES string of the molecule is CC1CN(C(C)(C)CNC(=O)N2CCC(N3CCCC3)CC2)CC(C)O1. The quantitative estimate of drug-likeness (QED) is 0.828. The van der Waals surface area contributed by atoms with E-state index >= 15 is 0 Å². The largest absolute Gasteiger partial charge is 0.373 e. The standard InChI is InChI=1S/C20H38N4O2/c1-16-13-24(14-17(2)26-16)20(3,4)15-21-19(25)23-11-7-18(8-12-23)22-9-5-6-10-22/h16-18H,5-15H2,1-4H3,(H,21,25). The lowest BCUT2D eigenvalue weighted by molar-refractivity contribution is -0.0948. The molecule has 0 radical (unpaired) electrons. The van der Waals surface area contributed by atoms with Crippen LogP contribution >= 0.6 is 0 Å².